The average molecular weight is 327 g/mol. The number of carbonyl (C=O) groups is 1. The van der Waals surface area contributed by atoms with Crippen molar-refractivity contribution in [1.82, 2.24) is 4.90 Å². The van der Waals surface area contributed by atoms with Gasteiger partial charge in [0.15, 0.2) is 0 Å². The lowest BCUT2D eigenvalue weighted by Gasteiger charge is -2.44. The van der Waals surface area contributed by atoms with E-state index >= 15 is 0 Å². The Morgan fingerprint density at radius 2 is 2.16 bits per heavy atom. The monoisotopic (exact) mass is 326 g/mol. The molecule has 0 aromatic heterocycles. The molecule has 1 aliphatic rings. The van der Waals surface area contributed by atoms with Crippen LogP contribution in [0.1, 0.15) is 12.5 Å². The summed E-state index contributed by atoms with van der Waals surface area (Å²) in [6.45, 7) is 4.61. The Hall–Kier alpha value is -1.07. The first-order chi connectivity index (χ1) is 8.95. The van der Waals surface area contributed by atoms with Gasteiger partial charge in [0.2, 0.25) is 5.91 Å². The molecule has 0 radical (unpaired) electrons. The molecule has 1 aliphatic heterocycles. The van der Waals surface area contributed by atoms with Crippen molar-refractivity contribution in [2.45, 2.75) is 25.9 Å². The van der Waals surface area contributed by atoms with Crippen molar-refractivity contribution >= 4 is 27.5 Å². The molecule has 1 aromatic carbocycles. The third-order valence-corrected chi connectivity index (χ3v) is 4.27. The second-order valence-electron chi connectivity index (χ2n) is 5.08. The number of amides is 1. The van der Waals surface area contributed by atoms with Gasteiger partial charge in [0.25, 0.3) is 0 Å². The Morgan fingerprint density at radius 3 is 2.74 bits per heavy atom. The maximum Gasteiger partial charge on any atom is 0.247 e. The van der Waals surface area contributed by atoms with Crippen LogP contribution >= 0.6 is 15.9 Å². The lowest BCUT2D eigenvalue weighted by atomic mass is 10.0. The summed E-state index contributed by atoms with van der Waals surface area (Å²) in [5.41, 5.74) is 2.10. The molecule has 2 unspecified atom stereocenters. The molecule has 2 atom stereocenters. The molecule has 0 aliphatic carbocycles. The Bertz CT molecular complexity index is 492. The van der Waals surface area contributed by atoms with E-state index < -0.39 is 6.04 Å². The zero-order valence-electron chi connectivity index (χ0n) is 11.4. The normalized spacial score (nSPS) is 23.9. The van der Waals surface area contributed by atoms with E-state index in [1.54, 1.807) is 11.9 Å². The van der Waals surface area contributed by atoms with E-state index in [4.69, 9.17) is 0 Å². The number of hydrogen-bond acceptors (Lipinski definition) is 3. The number of likely N-dealkylation sites (N-methyl/N-ethyl adjacent to an activating group) is 1. The predicted octanol–water partition coefficient (Wildman–Crippen LogP) is 1.79. The molecular weight excluding hydrogens is 308 g/mol. The van der Waals surface area contributed by atoms with Gasteiger partial charge < -0.3 is 14.9 Å². The van der Waals surface area contributed by atoms with Crippen molar-refractivity contribution in [3.8, 4) is 0 Å². The topological polar surface area (TPSA) is 43.8 Å². The van der Waals surface area contributed by atoms with E-state index in [0.717, 1.165) is 22.3 Å². The van der Waals surface area contributed by atoms with Crippen LogP contribution in [-0.4, -0.2) is 48.2 Å². The van der Waals surface area contributed by atoms with E-state index in [0.29, 0.717) is 0 Å². The number of piperazine rings is 1. The van der Waals surface area contributed by atoms with Crippen molar-refractivity contribution in [1.29, 1.82) is 0 Å². The quantitative estimate of drug-likeness (QED) is 0.901. The number of hydrogen-bond donors (Lipinski definition) is 1. The molecule has 0 saturated carbocycles. The molecule has 2 rings (SSSR count). The van der Waals surface area contributed by atoms with Gasteiger partial charge in [0, 0.05) is 29.8 Å². The van der Waals surface area contributed by atoms with Crippen molar-refractivity contribution in [2.75, 3.05) is 25.1 Å². The SMILES string of the molecule is Cc1cc(Br)ccc1N1CC(C)N(C)C(=O)C1CO. The number of halogens is 1. The van der Waals surface area contributed by atoms with E-state index in [9.17, 15) is 9.90 Å². The molecule has 104 valence electrons. The molecule has 0 bridgehead atoms. The number of aliphatic hydroxyl groups is 1. The van der Waals surface area contributed by atoms with Crippen LogP contribution < -0.4 is 4.90 Å². The first kappa shape index (κ1) is 14.3. The van der Waals surface area contributed by atoms with Crippen molar-refractivity contribution in [3.63, 3.8) is 0 Å². The number of benzene rings is 1. The number of aryl methyl sites for hydroxylation is 1. The van der Waals surface area contributed by atoms with E-state index in [1.807, 2.05) is 36.9 Å². The second-order valence-corrected chi connectivity index (χ2v) is 6.00. The average Bonchev–Trinajstić information content (AvgIpc) is 2.36. The van der Waals surface area contributed by atoms with Gasteiger partial charge in [-0.2, -0.15) is 0 Å². The predicted molar refractivity (Wildman–Crippen MR) is 79.3 cm³/mol. The van der Waals surface area contributed by atoms with Crippen molar-refractivity contribution in [3.05, 3.63) is 28.2 Å². The fraction of sp³-hybridized carbons (Fsp3) is 0.500. The summed E-state index contributed by atoms with van der Waals surface area (Å²) in [5, 5.41) is 9.54. The van der Waals surface area contributed by atoms with Crippen LogP contribution in [0.4, 0.5) is 5.69 Å². The van der Waals surface area contributed by atoms with E-state index in [-0.39, 0.29) is 18.6 Å². The first-order valence-electron chi connectivity index (χ1n) is 6.36. The number of rotatable bonds is 2. The Balaban J connectivity index is 2.38. The highest BCUT2D eigenvalue weighted by molar-refractivity contribution is 9.10. The first-order valence-corrected chi connectivity index (χ1v) is 7.15. The smallest absolute Gasteiger partial charge is 0.247 e. The Morgan fingerprint density at radius 1 is 1.47 bits per heavy atom. The summed E-state index contributed by atoms with van der Waals surface area (Å²) in [6.07, 6.45) is 0. The molecule has 1 fully saturated rings. The highest BCUT2D eigenvalue weighted by Gasteiger charge is 2.36. The van der Waals surface area contributed by atoms with Crippen LogP contribution in [0.3, 0.4) is 0 Å². The number of carbonyl (C=O) groups excluding carboxylic acids is 1. The number of aliphatic hydroxyl groups excluding tert-OH is 1. The highest BCUT2D eigenvalue weighted by Crippen LogP contribution is 2.28. The summed E-state index contributed by atoms with van der Waals surface area (Å²) >= 11 is 3.44. The molecule has 19 heavy (non-hydrogen) atoms. The van der Waals surface area contributed by atoms with Crippen molar-refractivity contribution in [2.24, 2.45) is 0 Å². The number of anilines is 1. The Labute approximate surface area is 122 Å². The summed E-state index contributed by atoms with van der Waals surface area (Å²) in [5.74, 6) is -0.0245. The second kappa shape index (κ2) is 5.51. The van der Waals surface area contributed by atoms with Gasteiger partial charge in [-0.15, -0.1) is 0 Å². The number of nitrogens with zero attached hydrogens (tertiary/aromatic N) is 2. The van der Waals surface area contributed by atoms with Crippen LogP contribution in [0.2, 0.25) is 0 Å². The van der Waals surface area contributed by atoms with Gasteiger partial charge in [0.1, 0.15) is 6.04 Å². The molecule has 1 saturated heterocycles. The van der Waals surface area contributed by atoms with Gasteiger partial charge >= 0.3 is 0 Å². The molecular formula is C14H19BrN2O2. The fourth-order valence-electron chi connectivity index (χ4n) is 2.50. The Kier molecular flexibility index (Phi) is 4.16. The molecule has 5 heteroatoms. The van der Waals surface area contributed by atoms with Crippen molar-refractivity contribution < 1.29 is 9.90 Å². The van der Waals surface area contributed by atoms with Gasteiger partial charge in [-0.25, -0.2) is 0 Å². The lowest BCUT2D eigenvalue weighted by Crippen LogP contribution is -2.61. The summed E-state index contributed by atoms with van der Waals surface area (Å²) < 4.78 is 1.02. The van der Waals surface area contributed by atoms with E-state index in [2.05, 4.69) is 15.9 Å². The highest BCUT2D eigenvalue weighted by atomic mass is 79.9. The van der Waals surface area contributed by atoms with Crippen LogP contribution in [0.5, 0.6) is 0 Å². The molecule has 1 heterocycles. The minimum Gasteiger partial charge on any atom is -0.394 e. The van der Waals surface area contributed by atoms with Crippen LogP contribution in [0.15, 0.2) is 22.7 Å². The fourth-order valence-corrected chi connectivity index (χ4v) is 2.98. The van der Waals surface area contributed by atoms with Gasteiger partial charge in [-0.05, 0) is 37.6 Å². The largest absolute Gasteiger partial charge is 0.394 e. The minimum atomic E-state index is -0.485. The summed E-state index contributed by atoms with van der Waals surface area (Å²) in [7, 11) is 1.79. The zero-order valence-corrected chi connectivity index (χ0v) is 13.0. The third kappa shape index (κ3) is 2.62. The summed E-state index contributed by atoms with van der Waals surface area (Å²) in [6, 6.07) is 5.63. The van der Waals surface area contributed by atoms with Crippen LogP contribution in [-0.2, 0) is 4.79 Å². The zero-order chi connectivity index (χ0) is 14.2. The molecule has 1 N–H and O–H groups in total. The maximum atomic E-state index is 12.2. The standard InChI is InChI=1S/C14H19BrN2O2/c1-9-6-11(15)4-5-12(9)17-7-10(2)16(3)14(19)13(17)8-18/h4-6,10,13,18H,7-8H2,1-3H3. The molecule has 1 amide bonds. The lowest BCUT2D eigenvalue weighted by molar-refractivity contribution is -0.136. The van der Waals surface area contributed by atoms with E-state index in [1.165, 1.54) is 0 Å². The molecule has 4 nitrogen and oxygen atoms in total. The third-order valence-electron chi connectivity index (χ3n) is 3.77. The van der Waals surface area contributed by atoms with Crippen LogP contribution in [0, 0.1) is 6.92 Å². The molecule has 1 aromatic rings. The minimum absolute atomic E-state index is 0.0245. The van der Waals surface area contributed by atoms with Crippen LogP contribution in [0.25, 0.3) is 0 Å². The molecule has 0 spiro atoms. The summed E-state index contributed by atoms with van der Waals surface area (Å²) in [4.78, 5) is 16.0. The van der Waals surface area contributed by atoms with Gasteiger partial charge in [0.05, 0.1) is 6.61 Å². The van der Waals surface area contributed by atoms with Gasteiger partial charge in [-0.1, -0.05) is 15.9 Å². The maximum absolute atomic E-state index is 12.2. The van der Waals surface area contributed by atoms with Gasteiger partial charge in [-0.3, -0.25) is 4.79 Å².